The number of nitrogens with one attached hydrogen (secondary N) is 1. The van der Waals surface area contributed by atoms with Crippen LogP contribution in [0, 0.1) is 23.0 Å². The molecule has 7 nitrogen and oxygen atoms in total. The van der Waals surface area contributed by atoms with Crippen LogP contribution in [0.2, 0.25) is 0 Å². The van der Waals surface area contributed by atoms with Gasteiger partial charge in [-0.2, -0.15) is 5.10 Å². The van der Waals surface area contributed by atoms with Crippen molar-refractivity contribution in [2.75, 3.05) is 31.6 Å². The van der Waals surface area contributed by atoms with E-state index in [9.17, 15) is 10.1 Å². The van der Waals surface area contributed by atoms with Crippen LogP contribution >= 0.6 is 0 Å². The first-order valence-electron chi connectivity index (χ1n) is 6.12. The number of aryl methyl sites for hydroxylation is 2. The highest BCUT2D eigenvalue weighted by Gasteiger charge is 2.32. The van der Waals surface area contributed by atoms with Gasteiger partial charge in [-0.15, -0.1) is 0 Å². The third-order valence-electron chi connectivity index (χ3n) is 3.42. The van der Waals surface area contributed by atoms with Gasteiger partial charge in [-0.3, -0.25) is 10.1 Å². The molecule has 100 valence electrons. The van der Waals surface area contributed by atoms with Crippen LogP contribution in [-0.2, 0) is 7.05 Å². The predicted octanol–water partition coefficient (Wildman–Crippen LogP) is 0.682. The second-order valence-electron chi connectivity index (χ2n) is 4.80. The Labute approximate surface area is 106 Å². The first-order valence-corrected chi connectivity index (χ1v) is 6.12. The van der Waals surface area contributed by atoms with Crippen LogP contribution in [0.1, 0.15) is 12.1 Å². The van der Waals surface area contributed by atoms with E-state index in [1.807, 2.05) is 7.05 Å². The van der Waals surface area contributed by atoms with Crippen molar-refractivity contribution < 1.29 is 4.92 Å². The van der Waals surface area contributed by atoms with Crippen LogP contribution in [0.3, 0.4) is 0 Å². The van der Waals surface area contributed by atoms with Crippen LogP contribution < -0.4 is 10.2 Å². The first-order chi connectivity index (χ1) is 8.54. The van der Waals surface area contributed by atoms with Gasteiger partial charge < -0.3 is 10.2 Å². The molecule has 2 heterocycles. The molecule has 1 aliphatic rings. The molecule has 1 fully saturated rings. The highest BCUT2D eigenvalue weighted by molar-refractivity contribution is 5.61. The van der Waals surface area contributed by atoms with Crippen molar-refractivity contribution in [1.29, 1.82) is 0 Å². The minimum atomic E-state index is -0.330. The Morgan fingerprint density at radius 3 is 2.94 bits per heavy atom. The summed E-state index contributed by atoms with van der Waals surface area (Å²) in [6.07, 6.45) is 1.06. The number of aromatic nitrogens is 2. The van der Waals surface area contributed by atoms with Crippen LogP contribution in [0.5, 0.6) is 0 Å². The van der Waals surface area contributed by atoms with Crippen molar-refractivity contribution in [3.8, 4) is 0 Å². The van der Waals surface area contributed by atoms with Gasteiger partial charge in [0.05, 0.1) is 4.92 Å². The topological polar surface area (TPSA) is 76.2 Å². The van der Waals surface area contributed by atoms with Crippen molar-refractivity contribution in [2.24, 2.45) is 13.0 Å². The van der Waals surface area contributed by atoms with E-state index in [0.29, 0.717) is 17.4 Å². The van der Waals surface area contributed by atoms with Crippen LogP contribution in [0.15, 0.2) is 0 Å². The maximum atomic E-state index is 11.1. The fourth-order valence-electron chi connectivity index (χ4n) is 2.68. The van der Waals surface area contributed by atoms with E-state index in [2.05, 4.69) is 15.3 Å². The Morgan fingerprint density at radius 1 is 1.61 bits per heavy atom. The van der Waals surface area contributed by atoms with Crippen LogP contribution in [-0.4, -0.2) is 41.4 Å². The van der Waals surface area contributed by atoms with E-state index in [0.717, 1.165) is 26.1 Å². The molecule has 0 bridgehead atoms. The molecule has 0 aliphatic carbocycles. The third-order valence-corrected chi connectivity index (χ3v) is 3.42. The smallest absolute Gasteiger partial charge is 0.333 e. The SMILES string of the molecule is CNCC1CCN(c2c([N+](=O)[O-])c(C)nn2C)C1. The highest BCUT2D eigenvalue weighted by atomic mass is 16.6. The molecule has 1 atom stereocenters. The Hall–Kier alpha value is -1.63. The number of hydrogen-bond acceptors (Lipinski definition) is 5. The fourth-order valence-corrected chi connectivity index (χ4v) is 2.68. The molecule has 0 amide bonds. The Balaban J connectivity index is 2.26. The summed E-state index contributed by atoms with van der Waals surface area (Å²) in [6, 6.07) is 0. The fraction of sp³-hybridized carbons (Fsp3) is 0.727. The summed E-state index contributed by atoms with van der Waals surface area (Å²) in [5.41, 5.74) is 0.622. The number of hydrogen-bond donors (Lipinski definition) is 1. The summed E-state index contributed by atoms with van der Waals surface area (Å²) >= 11 is 0. The van der Waals surface area contributed by atoms with Crippen molar-refractivity contribution >= 4 is 11.5 Å². The maximum Gasteiger partial charge on any atom is 0.333 e. The van der Waals surface area contributed by atoms with Gasteiger partial charge in [0.1, 0.15) is 5.69 Å². The Morgan fingerprint density at radius 2 is 2.33 bits per heavy atom. The molecule has 1 N–H and O–H groups in total. The Bertz CT molecular complexity index is 457. The lowest BCUT2D eigenvalue weighted by molar-refractivity contribution is -0.384. The molecule has 1 aliphatic heterocycles. The molecule has 7 heteroatoms. The molecule has 18 heavy (non-hydrogen) atoms. The molecule has 0 aromatic carbocycles. The van der Waals surface area contributed by atoms with Crippen molar-refractivity contribution in [2.45, 2.75) is 13.3 Å². The van der Waals surface area contributed by atoms with E-state index in [1.54, 1.807) is 18.7 Å². The summed E-state index contributed by atoms with van der Waals surface area (Å²) in [7, 11) is 3.69. The molecule has 0 saturated carbocycles. The molecule has 1 unspecified atom stereocenters. The lowest BCUT2D eigenvalue weighted by Crippen LogP contribution is -2.26. The monoisotopic (exact) mass is 253 g/mol. The van der Waals surface area contributed by atoms with Crippen molar-refractivity contribution in [1.82, 2.24) is 15.1 Å². The second kappa shape index (κ2) is 4.93. The largest absolute Gasteiger partial charge is 0.351 e. The highest BCUT2D eigenvalue weighted by Crippen LogP contribution is 2.33. The standard InChI is InChI=1S/C11H19N5O2/c1-8-10(16(17)18)11(14(3)13-8)15-5-4-9(7-15)6-12-2/h9,12H,4-7H2,1-3H3. The van der Waals surface area contributed by atoms with Gasteiger partial charge in [0, 0.05) is 20.1 Å². The lowest BCUT2D eigenvalue weighted by atomic mass is 10.1. The summed E-state index contributed by atoms with van der Waals surface area (Å²) in [5, 5.41) is 18.5. The van der Waals surface area contributed by atoms with E-state index in [1.165, 1.54) is 0 Å². The minimum Gasteiger partial charge on any atom is -0.351 e. The summed E-state index contributed by atoms with van der Waals surface area (Å²) < 4.78 is 1.62. The van der Waals surface area contributed by atoms with Gasteiger partial charge in [0.2, 0.25) is 5.82 Å². The van der Waals surface area contributed by atoms with Crippen molar-refractivity contribution in [3.63, 3.8) is 0 Å². The van der Waals surface area contributed by atoms with Crippen LogP contribution in [0.4, 0.5) is 11.5 Å². The van der Waals surface area contributed by atoms with Crippen LogP contribution in [0.25, 0.3) is 0 Å². The summed E-state index contributed by atoms with van der Waals surface area (Å²) in [6.45, 7) is 4.33. The lowest BCUT2D eigenvalue weighted by Gasteiger charge is -2.17. The van der Waals surface area contributed by atoms with E-state index in [4.69, 9.17) is 0 Å². The van der Waals surface area contributed by atoms with E-state index >= 15 is 0 Å². The zero-order valence-electron chi connectivity index (χ0n) is 11.0. The van der Waals surface area contributed by atoms with Gasteiger partial charge in [0.25, 0.3) is 0 Å². The average molecular weight is 253 g/mol. The van der Waals surface area contributed by atoms with Gasteiger partial charge in [0.15, 0.2) is 0 Å². The predicted molar refractivity (Wildman–Crippen MR) is 68.8 cm³/mol. The van der Waals surface area contributed by atoms with Gasteiger partial charge in [-0.1, -0.05) is 0 Å². The molecule has 0 spiro atoms. The molecule has 1 aromatic heterocycles. The zero-order valence-corrected chi connectivity index (χ0v) is 11.0. The average Bonchev–Trinajstić information content (AvgIpc) is 2.83. The maximum absolute atomic E-state index is 11.1. The molecular formula is C11H19N5O2. The normalized spacial score (nSPS) is 19.5. The number of anilines is 1. The van der Waals surface area contributed by atoms with E-state index < -0.39 is 0 Å². The molecule has 1 aromatic rings. The third kappa shape index (κ3) is 2.17. The molecule has 2 rings (SSSR count). The second-order valence-corrected chi connectivity index (χ2v) is 4.80. The minimum absolute atomic E-state index is 0.141. The first kappa shape index (κ1) is 12.8. The van der Waals surface area contributed by atoms with E-state index in [-0.39, 0.29) is 10.6 Å². The Kier molecular flexibility index (Phi) is 3.51. The number of rotatable bonds is 4. The summed E-state index contributed by atoms with van der Waals surface area (Å²) in [5.74, 6) is 1.18. The van der Waals surface area contributed by atoms with Crippen molar-refractivity contribution in [3.05, 3.63) is 15.8 Å². The molecule has 1 saturated heterocycles. The molecule has 0 radical (unpaired) electrons. The quantitative estimate of drug-likeness (QED) is 0.631. The number of nitro groups is 1. The van der Waals surface area contributed by atoms with Gasteiger partial charge in [-0.05, 0) is 32.9 Å². The summed E-state index contributed by atoms with van der Waals surface area (Å²) in [4.78, 5) is 12.9. The zero-order chi connectivity index (χ0) is 13.3. The molecular weight excluding hydrogens is 234 g/mol. The number of nitrogens with zero attached hydrogens (tertiary/aromatic N) is 4. The van der Waals surface area contributed by atoms with Gasteiger partial charge in [-0.25, -0.2) is 4.68 Å². The van der Waals surface area contributed by atoms with Gasteiger partial charge >= 0.3 is 5.69 Å².